The van der Waals surface area contributed by atoms with Crippen LogP contribution in [0, 0.1) is 0 Å². The smallest absolute Gasteiger partial charge is 0.312 e. The molecule has 182 valence electrons. The van der Waals surface area contributed by atoms with E-state index in [4.69, 9.17) is 0 Å². The maximum Gasteiger partial charge on any atom is 0.312 e. The van der Waals surface area contributed by atoms with Crippen LogP contribution in [0.4, 0.5) is 5.69 Å². The molecule has 9 heteroatoms. The van der Waals surface area contributed by atoms with E-state index in [1.165, 1.54) is 22.2 Å². The molecule has 8 nitrogen and oxygen atoms in total. The minimum absolute atomic E-state index is 0.0267. The number of nitrogens with zero attached hydrogens (tertiary/aromatic N) is 3. The molecule has 1 saturated heterocycles. The number of piperazine rings is 1. The first-order chi connectivity index (χ1) is 17.0. The minimum atomic E-state index is -0.556. The largest absolute Gasteiger partial charge is 0.345 e. The van der Waals surface area contributed by atoms with E-state index in [2.05, 4.69) is 11.4 Å². The van der Waals surface area contributed by atoms with Crippen molar-refractivity contribution in [2.24, 2.45) is 0 Å². The average molecular weight is 493 g/mol. The average Bonchev–Trinajstić information content (AvgIpc) is 3.61. The van der Waals surface area contributed by atoms with Gasteiger partial charge in [0.05, 0.1) is 11.3 Å². The van der Waals surface area contributed by atoms with Gasteiger partial charge in [-0.15, -0.1) is 11.8 Å². The van der Waals surface area contributed by atoms with Gasteiger partial charge in [-0.05, 0) is 43.0 Å². The fraction of sp³-hybridized carbons (Fsp3) is 0.385. The number of anilines is 1. The van der Waals surface area contributed by atoms with E-state index in [0.717, 1.165) is 29.8 Å². The van der Waals surface area contributed by atoms with Crippen molar-refractivity contribution >= 4 is 41.1 Å². The van der Waals surface area contributed by atoms with Crippen molar-refractivity contribution in [3.63, 3.8) is 0 Å². The fourth-order valence-corrected chi connectivity index (χ4v) is 5.41. The Morgan fingerprint density at radius 1 is 0.857 bits per heavy atom. The van der Waals surface area contributed by atoms with Gasteiger partial charge in [0.15, 0.2) is 0 Å². The van der Waals surface area contributed by atoms with E-state index < -0.39 is 11.8 Å². The van der Waals surface area contributed by atoms with Crippen LogP contribution in [0.25, 0.3) is 0 Å². The zero-order valence-corrected chi connectivity index (χ0v) is 20.3. The second-order valence-electron chi connectivity index (χ2n) is 9.04. The van der Waals surface area contributed by atoms with Crippen LogP contribution in [-0.4, -0.2) is 77.9 Å². The molecule has 5 rings (SSSR count). The molecule has 2 aliphatic heterocycles. The lowest BCUT2D eigenvalue weighted by molar-refractivity contribution is -0.146. The van der Waals surface area contributed by atoms with Gasteiger partial charge in [-0.1, -0.05) is 30.3 Å². The monoisotopic (exact) mass is 492 g/mol. The highest BCUT2D eigenvalue weighted by atomic mass is 32.2. The van der Waals surface area contributed by atoms with Crippen LogP contribution >= 0.6 is 11.8 Å². The van der Waals surface area contributed by atoms with Gasteiger partial charge in [-0.25, -0.2) is 0 Å². The van der Waals surface area contributed by atoms with Crippen LogP contribution in [-0.2, 0) is 20.8 Å². The molecule has 2 aromatic rings. The molecular weight excluding hydrogens is 464 g/mol. The zero-order chi connectivity index (χ0) is 24.4. The van der Waals surface area contributed by atoms with Crippen molar-refractivity contribution < 1.29 is 19.2 Å². The summed E-state index contributed by atoms with van der Waals surface area (Å²) in [6.07, 6.45) is 2.71. The molecule has 2 fully saturated rings. The van der Waals surface area contributed by atoms with Crippen LogP contribution < -0.4 is 10.2 Å². The fourth-order valence-electron chi connectivity index (χ4n) is 4.49. The predicted molar refractivity (Wildman–Crippen MR) is 133 cm³/mol. The Bertz CT molecular complexity index is 1160. The van der Waals surface area contributed by atoms with Gasteiger partial charge >= 0.3 is 11.8 Å². The number of rotatable bonds is 5. The summed E-state index contributed by atoms with van der Waals surface area (Å²) in [5.74, 6) is -0.932. The molecule has 0 aromatic heterocycles. The summed E-state index contributed by atoms with van der Waals surface area (Å²) < 4.78 is 0. The molecule has 1 saturated carbocycles. The lowest BCUT2D eigenvalue weighted by Crippen LogP contribution is -2.54. The number of hydrogen-bond acceptors (Lipinski definition) is 5. The standard InChI is InChI=1S/C26H28N4O4S/c31-23(30-12-11-18-5-1-3-7-21(18)30)17-35-22-8-4-2-6-20(22)25(33)28-13-15-29(16-14-28)26(34)24(32)27-19-9-10-19/h1-8,19H,9-17H2,(H,27,32). The second-order valence-corrected chi connectivity index (χ2v) is 10.1. The van der Waals surface area contributed by atoms with Crippen molar-refractivity contribution in [1.82, 2.24) is 15.1 Å². The highest BCUT2D eigenvalue weighted by Crippen LogP contribution is 2.30. The highest BCUT2D eigenvalue weighted by molar-refractivity contribution is 8.00. The van der Waals surface area contributed by atoms with Crippen molar-refractivity contribution in [1.29, 1.82) is 0 Å². The first-order valence-electron chi connectivity index (χ1n) is 12.0. The van der Waals surface area contributed by atoms with E-state index in [1.807, 2.05) is 41.3 Å². The van der Waals surface area contributed by atoms with Crippen molar-refractivity contribution in [2.75, 3.05) is 43.4 Å². The molecule has 0 bridgehead atoms. The third-order valence-electron chi connectivity index (χ3n) is 6.62. The molecule has 3 aliphatic rings. The van der Waals surface area contributed by atoms with Crippen LogP contribution in [0.1, 0.15) is 28.8 Å². The lowest BCUT2D eigenvalue weighted by atomic mass is 10.1. The maximum atomic E-state index is 13.3. The van der Waals surface area contributed by atoms with Gasteiger partial charge in [0.1, 0.15) is 0 Å². The van der Waals surface area contributed by atoms with E-state index in [-0.39, 0.29) is 23.6 Å². The summed E-state index contributed by atoms with van der Waals surface area (Å²) in [5.41, 5.74) is 2.71. The summed E-state index contributed by atoms with van der Waals surface area (Å²) in [5, 5.41) is 2.72. The second kappa shape index (κ2) is 10.1. The molecule has 4 amide bonds. The number of benzene rings is 2. The normalized spacial score (nSPS) is 17.2. The first-order valence-corrected chi connectivity index (χ1v) is 13.0. The van der Waals surface area contributed by atoms with E-state index in [9.17, 15) is 19.2 Å². The van der Waals surface area contributed by atoms with Crippen LogP contribution in [0.5, 0.6) is 0 Å². The molecule has 0 atom stereocenters. The molecule has 0 spiro atoms. The molecule has 2 aromatic carbocycles. The third-order valence-corrected chi connectivity index (χ3v) is 7.68. The SMILES string of the molecule is O=C(NC1CC1)C(=O)N1CCN(C(=O)c2ccccc2SCC(=O)N2CCc3ccccc32)CC1. The van der Waals surface area contributed by atoms with Gasteiger partial charge in [-0.2, -0.15) is 0 Å². The molecule has 1 N–H and O–H groups in total. The molecule has 2 heterocycles. The number of nitrogens with one attached hydrogen (secondary N) is 1. The number of fused-ring (bicyclic) bond motifs is 1. The number of para-hydroxylation sites is 1. The molecule has 0 unspecified atom stereocenters. The Morgan fingerprint density at radius 2 is 1.54 bits per heavy atom. The first kappa shape index (κ1) is 23.4. The summed E-state index contributed by atoms with van der Waals surface area (Å²) in [6, 6.07) is 15.4. The van der Waals surface area contributed by atoms with E-state index in [0.29, 0.717) is 38.3 Å². The van der Waals surface area contributed by atoms with Crippen LogP contribution in [0.15, 0.2) is 53.4 Å². The number of carbonyl (C=O) groups is 4. The van der Waals surface area contributed by atoms with Crippen molar-refractivity contribution in [3.05, 3.63) is 59.7 Å². The number of thioether (sulfide) groups is 1. The van der Waals surface area contributed by atoms with Gasteiger partial charge < -0.3 is 20.0 Å². The van der Waals surface area contributed by atoms with Gasteiger partial charge in [0, 0.05) is 49.3 Å². The topological polar surface area (TPSA) is 90.0 Å². The van der Waals surface area contributed by atoms with E-state index >= 15 is 0 Å². The Morgan fingerprint density at radius 3 is 2.31 bits per heavy atom. The van der Waals surface area contributed by atoms with Crippen LogP contribution in [0.3, 0.4) is 0 Å². The third kappa shape index (κ3) is 5.19. The molecule has 1 aliphatic carbocycles. The summed E-state index contributed by atoms with van der Waals surface area (Å²) in [6.45, 7) is 2.06. The lowest BCUT2D eigenvalue weighted by Gasteiger charge is -2.34. The van der Waals surface area contributed by atoms with Crippen molar-refractivity contribution in [3.8, 4) is 0 Å². The zero-order valence-electron chi connectivity index (χ0n) is 19.4. The predicted octanol–water partition coefficient (Wildman–Crippen LogP) is 1.93. The quantitative estimate of drug-likeness (QED) is 0.509. The number of carbonyl (C=O) groups excluding carboxylic acids is 4. The van der Waals surface area contributed by atoms with Crippen LogP contribution in [0.2, 0.25) is 0 Å². The number of hydrogen-bond donors (Lipinski definition) is 1. The highest BCUT2D eigenvalue weighted by Gasteiger charge is 2.32. The van der Waals surface area contributed by atoms with Gasteiger partial charge in [-0.3, -0.25) is 19.2 Å². The van der Waals surface area contributed by atoms with Gasteiger partial charge in [0.25, 0.3) is 5.91 Å². The number of amides is 4. The summed E-state index contributed by atoms with van der Waals surface area (Å²) >= 11 is 1.37. The molecule has 35 heavy (non-hydrogen) atoms. The summed E-state index contributed by atoms with van der Waals surface area (Å²) in [4.78, 5) is 56.4. The van der Waals surface area contributed by atoms with Crippen molar-refractivity contribution in [2.45, 2.75) is 30.2 Å². The molecule has 0 radical (unpaired) electrons. The minimum Gasteiger partial charge on any atom is -0.345 e. The summed E-state index contributed by atoms with van der Waals surface area (Å²) in [7, 11) is 0. The van der Waals surface area contributed by atoms with E-state index in [1.54, 1.807) is 11.0 Å². The Balaban J connectivity index is 1.18. The Hall–Kier alpha value is -3.33. The Labute approximate surface area is 208 Å². The molecular formula is C26H28N4O4S. The van der Waals surface area contributed by atoms with Gasteiger partial charge in [0.2, 0.25) is 5.91 Å². The Kier molecular flexibility index (Phi) is 6.77. The maximum absolute atomic E-state index is 13.3.